The van der Waals surface area contributed by atoms with E-state index in [2.05, 4.69) is 24.1 Å². The maximum Gasteiger partial charge on any atom is 0.328 e. The number of nitrogens with one attached hydrogen (secondary N) is 2. The number of hydrogen-bond acceptors (Lipinski definition) is 6. The summed E-state index contributed by atoms with van der Waals surface area (Å²) in [7, 11) is 0. The molecule has 2 atom stereocenters. The van der Waals surface area contributed by atoms with Crippen molar-refractivity contribution in [2.45, 2.75) is 109 Å². The maximum absolute atomic E-state index is 12.9. The van der Waals surface area contributed by atoms with Gasteiger partial charge in [-0.25, -0.2) is 4.79 Å². The Hall–Kier alpha value is -2.58. The highest BCUT2D eigenvalue weighted by Gasteiger charge is 2.25. The summed E-state index contributed by atoms with van der Waals surface area (Å²) in [6.07, 6.45) is 12.9. The molecule has 8 nitrogen and oxygen atoms in total. The van der Waals surface area contributed by atoms with Gasteiger partial charge in [0.15, 0.2) is 0 Å². The molecule has 9 heteroatoms. The summed E-state index contributed by atoms with van der Waals surface area (Å²) >= 11 is 0. The molecule has 0 aliphatic heterocycles. The second kappa shape index (κ2) is 20.3. The number of H-pyrrole nitrogens is 1. The number of ether oxygens (including phenoxy) is 2. The molecule has 1 aromatic heterocycles. The molecule has 0 bridgehead atoms. The van der Waals surface area contributed by atoms with Gasteiger partial charge in [0.05, 0.1) is 13.2 Å². The summed E-state index contributed by atoms with van der Waals surface area (Å²) in [4.78, 5) is 41.1. The average molecular weight is 566 g/mol. The lowest BCUT2D eigenvalue weighted by Gasteiger charge is -2.18. The average Bonchev–Trinajstić information content (AvgIpc) is 3.33. The van der Waals surface area contributed by atoms with Crippen molar-refractivity contribution < 1.29 is 23.9 Å². The Balaban J connectivity index is 0.00000760. The lowest BCUT2D eigenvalue weighted by atomic mass is 10.0. The number of esters is 2. The quantitative estimate of drug-likeness (QED) is 0.139. The van der Waals surface area contributed by atoms with Gasteiger partial charge in [-0.3, -0.25) is 9.59 Å². The van der Waals surface area contributed by atoms with E-state index in [1.165, 1.54) is 12.8 Å². The highest BCUT2D eigenvalue weighted by atomic mass is 35.5. The van der Waals surface area contributed by atoms with Gasteiger partial charge in [0.2, 0.25) is 5.91 Å². The fraction of sp³-hybridized carbons (Fsp3) is 0.633. The van der Waals surface area contributed by atoms with Gasteiger partial charge < -0.3 is 25.5 Å². The zero-order valence-electron chi connectivity index (χ0n) is 23.7. The van der Waals surface area contributed by atoms with Crippen LogP contribution in [0.5, 0.6) is 0 Å². The molecule has 0 aliphatic rings. The maximum atomic E-state index is 12.9. The van der Waals surface area contributed by atoms with E-state index in [0.29, 0.717) is 19.6 Å². The van der Waals surface area contributed by atoms with Crippen LogP contribution in [0.2, 0.25) is 0 Å². The second-order valence-electron chi connectivity index (χ2n) is 9.99. The van der Waals surface area contributed by atoms with E-state index in [4.69, 9.17) is 15.2 Å². The molecule has 0 radical (unpaired) electrons. The topological polar surface area (TPSA) is 124 Å². The lowest BCUT2D eigenvalue weighted by Crippen LogP contribution is -2.44. The highest BCUT2D eigenvalue weighted by molar-refractivity contribution is 5.87. The Morgan fingerprint density at radius 3 is 2.10 bits per heavy atom. The van der Waals surface area contributed by atoms with E-state index in [-0.39, 0.29) is 31.2 Å². The Bertz CT molecular complexity index is 980. The number of benzene rings is 1. The lowest BCUT2D eigenvalue weighted by molar-refractivity contribution is -0.148. The van der Waals surface area contributed by atoms with Gasteiger partial charge in [-0.05, 0) is 30.9 Å². The van der Waals surface area contributed by atoms with Crippen LogP contribution in [0.4, 0.5) is 0 Å². The number of nitrogens with two attached hydrogens (primary N) is 1. The molecule has 0 saturated heterocycles. The van der Waals surface area contributed by atoms with E-state index in [1.807, 2.05) is 30.5 Å². The largest absolute Gasteiger partial charge is 0.465 e. The molecular weight excluding hydrogens is 518 g/mol. The van der Waals surface area contributed by atoms with Crippen molar-refractivity contribution in [3.8, 4) is 0 Å². The summed E-state index contributed by atoms with van der Waals surface area (Å²) in [5.41, 5.74) is 7.84. The number of amides is 1. The van der Waals surface area contributed by atoms with Crippen LogP contribution in [0, 0.1) is 0 Å². The molecule has 4 N–H and O–H groups in total. The van der Waals surface area contributed by atoms with Gasteiger partial charge in [-0.1, -0.05) is 83.4 Å². The number of carbonyl (C=O) groups excluding carboxylic acids is 3. The highest BCUT2D eigenvalue weighted by Crippen LogP contribution is 2.19. The fourth-order valence-corrected chi connectivity index (χ4v) is 4.35. The first-order valence-electron chi connectivity index (χ1n) is 14.4. The number of aromatic nitrogens is 1. The molecule has 1 aromatic carbocycles. The van der Waals surface area contributed by atoms with E-state index in [9.17, 15) is 14.4 Å². The first-order chi connectivity index (χ1) is 18.5. The van der Waals surface area contributed by atoms with E-state index in [1.54, 1.807) is 0 Å². The summed E-state index contributed by atoms with van der Waals surface area (Å²) < 4.78 is 10.8. The number of hydrogen-bond donors (Lipinski definition) is 3. The predicted octanol–water partition coefficient (Wildman–Crippen LogP) is 5.75. The van der Waals surface area contributed by atoms with Crippen molar-refractivity contribution in [1.29, 1.82) is 0 Å². The Morgan fingerprint density at radius 1 is 0.872 bits per heavy atom. The number of carbonyl (C=O) groups is 3. The van der Waals surface area contributed by atoms with Crippen molar-refractivity contribution >= 4 is 41.2 Å². The Labute approximate surface area is 239 Å². The SMILES string of the molecule is CCCCCCCOC(=O)[C@H](Cc1c[nH]c2ccccc12)NC(=O)CC[C@H](N)C(=O)OCCCCCCC.Cl. The Kier molecular flexibility index (Phi) is 18.0. The number of para-hydroxylation sites is 1. The van der Waals surface area contributed by atoms with Gasteiger partial charge in [-0.2, -0.15) is 0 Å². The summed E-state index contributed by atoms with van der Waals surface area (Å²) in [6.45, 7) is 4.99. The van der Waals surface area contributed by atoms with E-state index in [0.717, 1.165) is 67.8 Å². The molecule has 1 amide bonds. The van der Waals surface area contributed by atoms with Crippen molar-refractivity contribution in [3.63, 3.8) is 0 Å². The summed E-state index contributed by atoms with van der Waals surface area (Å²) in [6, 6.07) is 6.12. The molecular formula is C30H48ClN3O5. The van der Waals surface area contributed by atoms with Gasteiger partial charge in [0, 0.05) is 29.9 Å². The normalized spacial score (nSPS) is 12.4. The van der Waals surface area contributed by atoms with Crippen LogP contribution < -0.4 is 11.1 Å². The smallest absolute Gasteiger partial charge is 0.328 e. The van der Waals surface area contributed by atoms with Crippen molar-refractivity contribution in [2.75, 3.05) is 13.2 Å². The third kappa shape index (κ3) is 13.4. The van der Waals surface area contributed by atoms with Crippen molar-refractivity contribution in [1.82, 2.24) is 10.3 Å². The molecule has 0 fully saturated rings. The van der Waals surface area contributed by atoms with Crippen molar-refractivity contribution in [2.24, 2.45) is 5.73 Å². The fourth-order valence-electron chi connectivity index (χ4n) is 4.35. The minimum Gasteiger partial charge on any atom is -0.465 e. The second-order valence-corrected chi connectivity index (χ2v) is 9.99. The first-order valence-corrected chi connectivity index (χ1v) is 14.4. The number of halogens is 1. The van der Waals surface area contributed by atoms with Crippen LogP contribution >= 0.6 is 12.4 Å². The standard InChI is InChI=1S/C30H47N3O5.ClH/c1-3-5-7-9-13-19-37-29(35)25(31)17-18-28(34)33-27(30(36)38-20-14-10-8-6-4-2)21-23-22-32-26-16-12-11-15-24(23)26;/h11-12,15-16,22,25,27,32H,3-10,13-14,17-21,31H2,1-2H3,(H,33,34);1H/t25-,27-;/m0./s1. The molecule has 2 rings (SSSR count). The number of unbranched alkanes of at least 4 members (excludes halogenated alkanes) is 8. The van der Waals surface area contributed by atoms with Crippen LogP contribution in [0.25, 0.3) is 10.9 Å². The zero-order valence-corrected chi connectivity index (χ0v) is 24.5. The van der Waals surface area contributed by atoms with Gasteiger partial charge in [-0.15, -0.1) is 12.4 Å². The van der Waals surface area contributed by atoms with Crippen LogP contribution in [0.1, 0.15) is 96.5 Å². The number of rotatable bonds is 20. The minimum absolute atomic E-state index is 0. The van der Waals surface area contributed by atoms with Crippen molar-refractivity contribution in [3.05, 3.63) is 36.0 Å². The van der Waals surface area contributed by atoms with E-state index < -0.39 is 24.0 Å². The van der Waals surface area contributed by atoms with Crippen LogP contribution in [-0.2, 0) is 30.3 Å². The van der Waals surface area contributed by atoms with Crippen LogP contribution in [-0.4, -0.2) is 48.1 Å². The van der Waals surface area contributed by atoms with Crippen LogP contribution in [0.15, 0.2) is 30.5 Å². The number of fused-ring (bicyclic) bond motifs is 1. The van der Waals surface area contributed by atoms with Gasteiger partial charge in [0.25, 0.3) is 0 Å². The zero-order chi connectivity index (χ0) is 27.6. The molecule has 0 spiro atoms. The summed E-state index contributed by atoms with van der Waals surface area (Å²) in [5, 5.41) is 3.81. The minimum atomic E-state index is -0.876. The number of aromatic amines is 1. The van der Waals surface area contributed by atoms with E-state index >= 15 is 0 Å². The third-order valence-electron chi connectivity index (χ3n) is 6.69. The van der Waals surface area contributed by atoms with Gasteiger partial charge in [0.1, 0.15) is 12.1 Å². The molecule has 0 saturated carbocycles. The monoisotopic (exact) mass is 565 g/mol. The van der Waals surface area contributed by atoms with Crippen LogP contribution in [0.3, 0.4) is 0 Å². The molecule has 39 heavy (non-hydrogen) atoms. The molecule has 220 valence electrons. The first kappa shape index (κ1) is 34.4. The predicted molar refractivity (Wildman–Crippen MR) is 158 cm³/mol. The molecule has 1 heterocycles. The molecule has 0 aliphatic carbocycles. The molecule has 0 unspecified atom stereocenters. The van der Waals surface area contributed by atoms with Gasteiger partial charge >= 0.3 is 11.9 Å². The Morgan fingerprint density at radius 2 is 1.46 bits per heavy atom. The molecule has 2 aromatic rings. The summed E-state index contributed by atoms with van der Waals surface area (Å²) in [5.74, 6) is -1.30. The third-order valence-corrected chi connectivity index (χ3v) is 6.69.